The van der Waals surface area contributed by atoms with Crippen LogP contribution in [0.5, 0.6) is 5.75 Å². The van der Waals surface area contributed by atoms with Gasteiger partial charge in [-0.1, -0.05) is 13.8 Å². The van der Waals surface area contributed by atoms with Gasteiger partial charge in [-0.3, -0.25) is 19.7 Å². The molecule has 0 aliphatic rings. The molecule has 0 aromatic heterocycles. The predicted molar refractivity (Wildman–Crippen MR) is 87.2 cm³/mol. The van der Waals surface area contributed by atoms with Gasteiger partial charge in [0.15, 0.2) is 0 Å². The first-order chi connectivity index (χ1) is 11.2. The lowest BCUT2D eigenvalue weighted by atomic mass is 10.1. The summed E-state index contributed by atoms with van der Waals surface area (Å²) in [5.74, 6) is -1.29. The fraction of sp³-hybridized carbons (Fsp3) is 0.467. The highest BCUT2D eigenvalue weighted by molar-refractivity contribution is 5.95. The summed E-state index contributed by atoms with van der Waals surface area (Å²) in [6.45, 7) is 4.31. The van der Waals surface area contributed by atoms with Crippen molar-refractivity contribution in [3.63, 3.8) is 0 Å². The third-order valence-corrected chi connectivity index (χ3v) is 3.13. The number of rotatable bonds is 9. The standard InChI is InChI=1S/C15H21N3O6/c1-9(2)8-16-12(15(20)21)7-14(19)17-11-5-4-10(18(22)23)6-13(11)24-3/h4-6,9,12,16H,7-8H2,1-3H3,(H,17,19)(H,20,21). The Hall–Kier alpha value is -2.68. The van der Waals surface area contributed by atoms with Crippen molar-refractivity contribution < 1.29 is 24.4 Å². The molecule has 24 heavy (non-hydrogen) atoms. The lowest BCUT2D eigenvalue weighted by molar-refractivity contribution is -0.384. The fourth-order valence-corrected chi connectivity index (χ4v) is 1.91. The van der Waals surface area contributed by atoms with E-state index in [2.05, 4.69) is 10.6 Å². The monoisotopic (exact) mass is 339 g/mol. The molecule has 0 bridgehead atoms. The van der Waals surface area contributed by atoms with Crippen molar-refractivity contribution in [1.82, 2.24) is 5.32 Å². The van der Waals surface area contributed by atoms with Crippen LogP contribution in [0.15, 0.2) is 18.2 Å². The van der Waals surface area contributed by atoms with E-state index in [-0.39, 0.29) is 29.5 Å². The van der Waals surface area contributed by atoms with Crippen LogP contribution in [0.4, 0.5) is 11.4 Å². The summed E-state index contributed by atoms with van der Waals surface area (Å²) in [5, 5.41) is 25.2. The van der Waals surface area contributed by atoms with Crippen LogP contribution in [0, 0.1) is 16.0 Å². The lowest BCUT2D eigenvalue weighted by Crippen LogP contribution is -2.41. The largest absolute Gasteiger partial charge is 0.494 e. The number of nitro benzene ring substituents is 1. The highest BCUT2D eigenvalue weighted by Crippen LogP contribution is 2.29. The van der Waals surface area contributed by atoms with Gasteiger partial charge in [0.05, 0.1) is 30.2 Å². The summed E-state index contributed by atoms with van der Waals surface area (Å²) in [6.07, 6.45) is -0.276. The second-order valence-electron chi connectivity index (χ2n) is 5.59. The molecule has 9 heteroatoms. The van der Waals surface area contributed by atoms with Gasteiger partial charge in [0.2, 0.25) is 5.91 Å². The Kier molecular flexibility index (Phi) is 7.12. The number of hydrogen-bond acceptors (Lipinski definition) is 6. The smallest absolute Gasteiger partial charge is 0.321 e. The first-order valence-electron chi connectivity index (χ1n) is 7.33. The maximum absolute atomic E-state index is 12.1. The van der Waals surface area contributed by atoms with E-state index in [1.54, 1.807) is 0 Å². The summed E-state index contributed by atoms with van der Waals surface area (Å²) >= 11 is 0. The van der Waals surface area contributed by atoms with Gasteiger partial charge in [-0.2, -0.15) is 0 Å². The molecule has 1 unspecified atom stereocenters. The minimum absolute atomic E-state index is 0.125. The van der Waals surface area contributed by atoms with Gasteiger partial charge < -0.3 is 20.5 Å². The minimum atomic E-state index is -1.12. The van der Waals surface area contributed by atoms with Crippen LogP contribution in [-0.4, -0.2) is 41.6 Å². The molecule has 1 amide bonds. The number of anilines is 1. The molecule has 0 radical (unpaired) electrons. The van der Waals surface area contributed by atoms with Crippen molar-refractivity contribution in [2.75, 3.05) is 19.0 Å². The van der Waals surface area contributed by atoms with E-state index >= 15 is 0 Å². The van der Waals surface area contributed by atoms with E-state index in [0.717, 1.165) is 0 Å². The van der Waals surface area contributed by atoms with Crippen LogP contribution in [0.1, 0.15) is 20.3 Å². The van der Waals surface area contributed by atoms with Crippen LogP contribution < -0.4 is 15.4 Å². The number of carboxylic acid groups (broad SMARTS) is 1. The molecule has 0 fully saturated rings. The SMILES string of the molecule is COc1cc([N+](=O)[O-])ccc1NC(=O)CC(NCC(C)C)C(=O)O. The van der Waals surface area contributed by atoms with Gasteiger partial charge >= 0.3 is 5.97 Å². The first kappa shape index (κ1) is 19.4. The third-order valence-electron chi connectivity index (χ3n) is 3.13. The van der Waals surface area contributed by atoms with Crippen LogP contribution in [0.2, 0.25) is 0 Å². The third kappa shape index (κ3) is 5.84. The Morgan fingerprint density at radius 2 is 2.04 bits per heavy atom. The number of amides is 1. The average molecular weight is 339 g/mol. The minimum Gasteiger partial charge on any atom is -0.494 e. The van der Waals surface area contributed by atoms with E-state index in [1.165, 1.54) is 25.3 Å². The molecule has 0 spiro atoms. The first-order valence-corrected chi connectivity index (χ1v) is 7.33. The van der Waals surface area contributed by atoms with Gasteiger partial charge in [0.25, 0.3) is 5.69 Å². The van der Waals surface area contributed by atoms with Gasteiger partial charge in [0, 0.05) is 6.07 Å². The van der Waals surface area contributed by atoms with Crippen molar-refractivity contribution in [3.8, 4) is 5.75 Å². The molecule has 0 aliphatic carbocycles. The van der Waals surface area contributed by atoms with Crippen LogP contribution in [-0.2, 0) is 9.59 Å². The van der Waals surface area contributed by atoms with E-state index in [9.17, 15) is 19.7 Å². The molecule has 1 aromatic carbocycles. The fourth-order valence-electron chi connectivity index (χ4n) is 1.91. The van der Waals surface area contributed by atoms with Crippen molar-refractivity contribution in [3.05, 3.63) is 28.3 Å². The second-order valence-corrected chi connectivity index (χ2v) is 5.59. The Labute approximate surface area is 139 Å². The highest BCUT2D eigenvalue weighted by atomic mass is 16.6. The summed E-state index contributed by atoms with van der Waals surface area (Å²) in [7, 11) is 1.32. The van der Waals surface area contributed by atoms with Gasteiger partial charge in [-0.05, 0) is 18.5 Å². The number of carbonyl (C=O) groups is 2. The normalized spacial score (nSPS) is 11.8. The van der Waals surface area contributed by atoms with Gasteiger partial charge in [0.1, 0.15) is 11.8 Å². The summed E-state index contributed by atoms with van der Waals surface area (Å²) in [5.41, 5.74) is 0.0629. The number of carboxylic acids is 1. The summed E-state index contributed by atoms with van der Waals surface area (Å²) in [4.78, 5) is 33.4. The predicted octanol–water partition coefficient (Wildman–Crippen LogP) is 1.63. The zero-order valence-electron chi connectivity index (χ0n) is 13.7. The maximum atomic E-state index is 12.1. The number of nitrogens with one attached hydrogen (secondary N) is 2. The number of aliphatic carboxylic acids is 1. The number of benzene rings is 1. The maximum Gasteiger partial charge on any atom is 0.321 e. The summed E-state index contributed by atoms with van der Waals surface area (Å²) < 4.78 is 5.02. The molecular weight excluding hydrogens is 318 g/mol. The molecule has 1 atom stereocenters. The van der Waals surface area contributed by atoms with E-state index in [4.69, 9.17) is 9.84 Å². The molecule has 1 rings (SSSR count). The van der Waals surface area contributed by atoms with Crippen molar-refractivity contribution in [1.29, 1.82) is 0 Å². The number of ether oxygens (including phenoxy) is 1. The molecular formula is C15H21N3O6. The Morgan fingerprint density at radius 3 is 2.54 bits per heavy atom. The molecule has 9 nitrogen and oxygen atoms in total. The van der Waals surface area contributed by atoms with Crippen molar-refractivity contribution >= 4 is 23.3 Å². The average Bonchev–Trinajstić information content (AvgIpc) is 2.50. The molecule has 0 saturated heterocycles. The van der Waals surface area contributed by atoms with Gasteiger partial charge in [-0.15, -0.1) is 0 Å². The molecule has 0 heterocycles. The molecule has 0 aliphatic heterocycles. The number of carbonyl (C=O) groups excluding carboxylic acids is 1. The molecule has 3 N–H and O–H groups in total. The van der Waals surface area contributed by atoms with E-state index < -0.39 is 22.8 Å². The molecule has 0 saturated carbocycles. The zero-order chi connectivity index (χ0) is 18.3. The molecule has 1 aromatic rings. The van der Waals surface area contributed by atoms with Crippen LogP contribution in [0.3, 0.4) is 0 Å². The Balaban J connectivity index is 2.79. The van der Waals surface area contributed by atoms with Crippen LogP contribution >= 0.6 is 0 Å². The Morgan fingerprint density at radius 1 is 1.38 bits per heavy atom. The Bertz CT molecular complexity index is 617. The van der Waals surface area contributed by atoms with Crippen molar-refractivity contribution in [2.45, 2.75) is 26.3 Å². The summed E-state index contributed by atoms with van der Waals surface area (Å²) in [6, 6.07) is 2.73. The number of nitrogens with zero attached hydrogens (tertiary/aromatic N) is 1. The van der Waals surface area contributed by atoms with Gasteiger partial charge in [-0.25, -0.2) is 0 Å². The number of hydrogen-bond donors (Lipinski definition) is 3. The van der Waals surface area contributed by atoms with Crippen LogP contribution in [0.25, 0.3) is 0 Å². The number of nitro groups is 1. The number of methoxy groups -OCH3 is 1. The molecule has 132 valence electrons. The highest BCUT2D eigenvalue weighted by Gasteiger charge is 2.22. The second kappa shape index (κ2) is 8.82. The van der Waals surface area contributed by atoms with E-state index in [1.807, 2.05) is 13.8 Å². The van der Waals surface area contributed by atoms with Crippen molar-refractivity contribution in [2.24, 2.45) is 5.92 Å². The topological polar surface area (TPSA) is 131 Å². The van der Waals surface area contributed by atoms with E-state index in [0.29, 0.717) is 6.54 Å². The lowest BCUT2D eigenvalue weighted by Gasteiger charge is -2.16. The zero-order valence-corrected chi connectivity index (χ0v) is 13.7. The quantitative estimate of drug-likeness (QED) is 0.460. The number of non-ortho nitro benzene ring substituents is 1.